The zero-order chi connectivity index (χ0) is 13.8. The van der Waals surface area contributed by atoms with Crippen LogP contribution in [0.5, 0.6) is 0 Å². The van der Waals surface area contributed by atoms with E-state index in [1.807, 2.05) is 60.4 Å². The molecule has 0 amide bonds. The summed E-state index contributed by atoms with van der Waals surface area (Å²) in [5.41, 5.74) is 4.20. The lowest BCUT2D eigenvalue weighted by Crippen LogP contribution is -2.09. The molecule has 0 atom stereocenters. The van der Waals surface area contributed by atoms with Gasteiger partial charge in [0.15, 0.2) is 0 Å². The van der Waals surface area contributed by atoms with Gasteiger partial charge < -0.3 is 5.32 Å². The van der Waals surface area contributed by atoms with E-state index < -0.39 is 0 Å². The molecule has 100 valence electrons. The molecule has 0 aliphatic heterocycles. The van der Waals surface area contributed by atoms with E-state index in [2.05, 4.69) is 27.8 Å². The number of aromatic nitrogens is 3. The molecule has 0 bridgehead atoms. The molecule has 0 fully saturated rings. The number of nitrogens with one attached hydrogen (secondary N) is 1. The third kappa shape index (κ3) is 2.46. The Morgan fingerprint density at radius 1 is 1.00 bits per heavy atom. The standard InChI is InChI=1S/C16H16N4/c1-17-11-14-9-5-6-10-16(14)20-12-15(18-19-20)13-7-3-2-4-8-13/h2-10,12,17H,11H2,1H3. The lowest BCUT2D eigenvalue weighted by atomic mass is 10.1. The number of para-hydroxylation sites is 1. The summed E-state index contributed by atoms with van der Waals surface area (Å²) in [6.07, 6.45) is 1.96. The van der Waals surface area contributed by atoms with Crippen LogP contribution >= 0.6 is 0 Å². The molecule has 0 unspecified atom stereocenters. The van der Waals surface area contributed by atoms with Crippen molar-refractivity contribution in [3.05, 3.63) is 66.4 Å². The van der Waals surface area contributed by atoms with Crippen LogP contribution in [-0.2, 0) is 6.54 Å². The van der Waals surface area contributed by atoms with E-state index >= 15 is 0 Å². The van der Waals surface area contributed by atoms with Gasteiger partial charge in [0.1, 0.15) is 5.69 Å². The van der Waals surface area contributed by atoms with Crippen molar-refractivity contribution in [1.29, 1.82) is 0 Å². The Morgan fingerprint density at radius 3 is 2.55 bits per heavy atom. The smallest absolute Gasteiger partial charge is 0.113 e. The normalized spacial score (nSPS) is 10.7. The molecule has 0 aliphatic rings. The van der Waals surface area contributed by atoms with Crippen molar-refractivity contribution in [3.63, 3.8) is 0 Å². The second-order valence-corrected chi connectivity index (χ2v) is 4.57. The quantitative estimate of drug-likeness (QED) is 0.787. The van der Waals surface area contributed by atoms with Gasteiger partial charge in [-0.3, -0.25) is 0 Å². The maximum absolute atomic E-state index is 4.26. The predicted molar refractivity (Wildman–Crippen MR) is 79.6 cm³/mol. The third-order valence-electron chi connectivity index (χ3n) is 3.17. The Kier molecular flexibility index (Phi) is 3.56. The predicted octanol–water partition coefficient (Wildman–Crippen LogP) is 2.65. The van der Waals surface area contributed by atoms with Crippen molar-refractivity contribution in [2.24, 2.45) is 0 Å². The zero-order valence-corrected chi connectivity index (χ0v) is 11.3. The Morgan fingerprint density at radius 2 is 1.75 bits per heavy atom. The van der Waals surface area contributed by atoms with E-state index in [1.54, 1.807) is 0 Å². The van der Waals surface area contributed by atoms with Crippen molar-refractivity contribution >= 4 is 0 Å². The minimum absolute atomic E-state index is 0.802. The van der Waals surface area contributed by atoms with Crippen molar-refractivity contribution in [2.45, 2.75) is 6.54 Å². The molecule has 3 rings (SSSR count). The lowest BCUT2D eigenvalue weighted by molar-refractivity contribution is 0.764. The van der Waals surface area contributed by atoms with Crippen LogP contribution in [0.4, 0.5) is 0 Å². The molecule has 1 aromatic heterocycles. The largest absolute Gasteiger partial charge is 0.316 e. The fraction of sp³-hybridized carbons (Fsp3) is 0.125. The van der Waals surface area contributed by atoms with Crippen LogP contribution in [0.3, 0.4) is 0 Å². The van der Waals surface area contributed by atoms with E-state index in [9.17, 15) is 0 Å². The Labute approximate surface area is 118 Å². The number of rotatable bonds is 4. The van der Waals surface area contributed by atoms with Crippen molar-refractivity contribution in [1.82, 2.24) is 20.3 Å². The van der Waals surface area contributed by atoms with Gasteiger partial charge in [-0.15, -0.1) is 5.10 Å². The first-order chi connectivity index (χ1) is 9.88. The minimum atomic E-state index is 0.802. The van der Waals surface area contributed by atoms with Gasteiger partial charge in [0.05, 0.1) is 11.9 Å². The van der Waals surface area contributed by atoms with Gasteiger partial charge in [-0.1, -0.05) is 53.7 Å². The molecule has 0 saturated heterocycles. The second kappa shape index (κ2) is 5.67. The summed E-state index contributed by atoms with van der Waals surface area (Å²) in [5, 5.41) is 11.7. The molecule has 0 saturated carbocycles. The molecule has 0 spiro atoms. The van der Waals surface area contributed by atoms with Gasteiger partial charge in [-0.25, -0.2) is 4.68 Å². The van der Waals surface area contributed by atoms with Gasteiger partial charge >= 0.3 is 0 Å². The van der Waals surface area contributed by atoms with Gasteiger partial charge in [0.2, 0.25) is 0 Å². The van der Waals surface area contributed by atoms with Gasteiger partial charge in [-0.2, -0.15) is 0 Å². The van der Waals surface area contributed by atoms with Gasteiger partial charge in [0, 0.05) is 12.1 Å². The van der Waals surface area contributed by atoms with Crippen molar-refractivity contribution in [2.75, 3.05) is 7.05 Å². The van der Waals surface area contributed by atoms with E-state index in [0.717, 1.165) is 23.5 Å². The Balaban J connectivity index is 1.98. The highest BCUT2D eigenvalue weighted by Gasteiger charge is 2.07. The van der Waals surface area contributed by atoms with Crippen LogP contribution in [0.2, 0.25) is 0 Å². The van der Waals surface area contributed by atoms with Crippen LogP contribution in [0, 0.1) is 0 Å². The van der Waals surface area contributed by atoms with Crippen LogP contribution in [-0.4, -0.2) is 22.0 Å². The molecule has 2 aromatic carbocycles. The first kappa shape index (κ1) is 12.6. The topological polar surface area (TPSA) is 42.7 Å². The number of hydrogen-bond donors (Lipinski definition) is 1. The second-order valence-electron chi connectivity index (χ2n) is 4.57. The van der Waals surface area contributed by atoms with E-state index in [0.29, 0.717) is 0 Å². The molecule has 4 nitrogen and oxygen atoms in total. The molecular weight excluding hydrogens is 248 g/mol. The molecule has 4 heteroatoms. The summed E-state index contributed by atoms with van der Waals surface area (Å²) in [4.78, 5) is 0. The molecule has 20 heavy (non-hydrogen) atoms. The molecule has 0 radical (unpaired) electrons. The molecule has 0 aliphatic carbocycles. The average Bonchev–Trinajstić information content (AvgIpc) is 2.99. The number of nitrogens with zero attached hydrogens (tertiary/aromatic N) is 3. The number of hydrogen-bond acceptors (Lipinski definition) is 3. The summed E-state index contributed by atoms with van der Waals surface area (Å²) in [6, 6.07) is 18.3. The Hall–Kier alpha value is -2.46. The van der Waals surface area contributed by atoms with Gasteiger partial charge in [-0.05, 0) is 18.7 Å². The SMILES string of the molecule is CNCc1ccccc1-n1cc(-c2ccccc2)nn1. The van der Waals surface area contributed by atoms with Crippen LogP contribution in [0.25, 0.3) is 16.9 Å². The Bertz CT molecular complexity index is 688. The van der Waals surface area contributed by atoms with Crippen molar-refractivity contribution < 1.29 is 0 Å². The summed E-state index contributed by atoms with van der Waals surface area (Å²) < 4.78 is 1.83. The highest BCUT2D eigenvalue weighted by Crippen LogP contribution is 2.19. The highest BCUT2D eigenvalue weighted by atomic mass is 15.4. The number of benzene rings is 2. The van der Waals surface area contributed by atoms with Crippen LogP contribution in [0.1, 0.15) is 5.56 Å². The summed E-state index contributed by atoms with van der Waals surface area (Å²) in [6.45, 7) is 0.802. The van der Waals surface area contributed by atoms with Crippen molar-refractivity contribution in [3.8, 4) is 16.9 Å². The minimum Gasteiger partial charge on any atom is -0.316 e. The highest BCUT2D eigenvalue weighted by molar-refractivity contribution is 5.58. The zero-order valence-electron chi connectivity index (χ0n) is 11.3. The van der Waals surface area contributed by atoms with E-state index in [4.69, 9.17) is 0 Å². The van der Waals surface area contributed by atoms with E-state index in [1.165, 1.54) is 5.56 Å². The van der Waals surface area contributed by atoms with Crippen LogP contribution < -0.4 is 5.32 Å². The van der Waals surface area contributed by atoms with Crippen LogP contribution in [0.15, 0.2) is 60.8 Å². The maximum Gasteiger partial charge on any atom is 0.113 e. The fourth-order valence-electron chi connectivity index (χ4n) is 2.20. The maximum atomic E-state index is 4.26. The summed E-state index contributed by atoms with van der Waals surface area (Å²) >= 11 is 0. The fourth-order valence-corrected chi connectivity index (χ4v) is 2.20. The summed E-state index contributed by atoms with van der Waals surface area (Å²) in [5.74, 6) is 0. The van der Waals surface area contributed by atoms with Gasteiger partial charge in [0.25, 0.3) is 0 Å². The molecule has 3 aromatic rings. The molecule has 1 N–H and O–H groups in total. The molecular formula is C16H16N4. The monoisotopic (exact) mass is 264 g/mol. The summed E-state index contributed by atoms with van der Waals surface area (Å²) in [7, 11) is 1.94. The first-order valence-electron chi connectivity index (χ1n) is 6.59. The van der Waals surface area contributed by atoms with E-state index in [-0.39, 0.29) is 0 Å². The first-order valence-corrected chi connectivity index (χ1v) is 6.59. The molecule has 1 heterocycles. The third-order valence-corrected chi connectivity index (χ3v) is 3.17. The lowest BCUT2D eigenvalue weighted by Gasteiger charge is -2.07. The average molecular weight is 264 g/mol.